The highest BCUT2D eigenvalue weighted by Crippen LogP contribution is 2.27. The van der Waals surface area contributed by atoms with Crippen LogP contribution in [-0.4, -0.2) is 22.3 Å². The summed E-state index contributed by atoms with van der Waals surface area (Å²) in [6, 6.07) is 14.7. The maximum atomic E-state index is 6.04. The van der Waals surface area contributed by atoms with Crippen molar-refractivity contribution >= 4 is 35.2 Å². The fourth-order valence-electron chi connectivity index (χ4n) is 2.83. The van der Waals surface area contributed by atoms with Crippen LogP contribution in [0.25, 0.3) is 11.0 Å². The molecule has 2 aromatic carbocycles. The lowest BCUT2D eigenvalue weighted by Crippen LogP contribution is -2.03. The third kappa shape index (κ3) is 5.42. The van der Waals surface area contributed by atoms with Crippen LogP contribution in [0.5, 0.6) is 5.75 Å². The first-order chi connectivity index (χ1) is 12.1. The van der Waals surface area contributed by atoms with Crippen LogP contribution in [0.2, 0.25) is 0 Å². The van der Waals surface area contributed by atoms with Crippen molar-refractivity contribution in [3.8, 4) is 5.75 Å². The number of hydrogen-bond acceptors (Lipinski definition) is 3. The van der Waals surface area contributed by atoms with Crippen LogP contribution in [-0.2, 0) is 5.75 Å². The van der Waals surface area contributed by atoms with Crippen LogP contribution in [0.4, 0.5) is 0 Å². The summed E-state index contributed by atoms with van der Waals surface area (Å²) < 4.78 is 6.04. The van der Waals surface area contributed by atoms with E-state index in [-0.39, 0.29) is 12.4 Å². The van der Waals surface area contributed by atoms with Gasteiger partial charge in [0, 0.05) is 0 Å². The molecule has 0 atom stereocenters. The van der Waals surface area contributed by atoms with E-state index >= 15 is 0 Å². The first kappa shape index (κ1) is 20.7. The van der Waals surface area contributed by atoms with Crippen LogP contribution in [0.15, 0.2) is 42.5 Å². The van der Waals surface area contributed by atoms with E-state index in [2.05, 4.69) is 55.0 Å². The molecule has 0 saturated heterocycles. The number of aromatic amines is 1. The summed E-state index contributed by atoms with van der Waals surface area (Å²) in [6.07, 6.45) is 1.04. The van der Waals surface area contributed by atoms with E-state index in [0.717, 1.165) is 47.1 Å². The Hall–Kier alpha value is -1.65. The van der Waals surface area contributed by atoms with Crippen molar-refractivity contribution in [2.75, 3.05) is 12.4 Å². The number of ether oxygens (including phenoxy) is 1. The first-order valence-electron chi connectivity index (χ1n) is 8.88. The van der Waals surface area contributed by atoms with Gasteiger partial charge in [-0.2, -0.15) is 11.8 Å². The Labute approximate surface area is 166 Å². The van der Waals surface area contributed by atoms with Crippen LogP contribution in [0.1, 0.15) is 43.1 Å². The second kappa shape index (κ2) is 9.89. The zero-order chi connectivity index (χ0) is 17.6. The quantitative estimate of drug-likeness (QED) is 0.471. The van der Waals surface area contributed by atoms with Gasteiger partial charge in [-0.05, 0) is 54.3 Å². The van der Waals surface area contributed by atoms with E-state index < -0.39 is 0 Å². The minimum atomic E-state index is 0. The van der Waals surface area contributed by atoms with Crippen molar-refractivity contribution in [2.24, 2.45) is 0 Å². The molecule has 0 bridgehead atoms. The maximum Gasteiger partial charge on any atom is 0.122 e. The average Bonchev–Trinajstić information content (AvgIpc) is 3.00. The summed E-state index contributed by atoms with van der Waals surface area (Å²) in [5, 5.41) is 0. The van der Waals surface area contributed by atoms with E-state index in [9.17, 15) is 0 Å². The summed E-state index contributed by atoms with van der Waals surface area (Å²) in [5.74, 6) is 4.55. The van der Waals surface area contributed by atoms with E-state index in [1.165, 1.54) is 11.1 Å². The fraction of sp³-hybridized carbons (Fsp3) is 0.381. The van der Waals surface area contributed by atoms with Gasteiger partial charge in [0.15, 0.2) is 0 Å². The molecule has 0 aliphatic carbocycles. The van der Waals surface area contributed by atoms with E-state index in [0.29, 0.717) is 5.92 Å². The van der Waals surface area contributed by atoms with Crippen molar-refractivity contribution in [1.29, 1.82) is 0 Å². The topological polar surface area (TPSA) is 37.9 Å². The average molecular weight is 391 g/mol. The third-order valence-corrected chi connectivity index (χ3v) is 5.21. The van der Waals surface area contributed by atoms with E-state index in [4.69, 9.17) is 4.74 Å². The van der Waals surface area contributed by atoms with Crippen molar-refractivity contribution in [1.82, 2.24) is 9.97 Å². The summed E-state index contributed by atoms with van der Waals surface area (Å²) in [6.45, 7) is 7.29. The highest BCUT2D eigenvalue weighted by Gasteiger charge is 2.08. The zero-order valence-corrected chi connectivity index (χ0v) is 17.3. The standard InChI is InChI=1S/C21H26N2OS.ClH/c1-15(2)17-10-9-16(3)13-20(17)24-11-6-12-25-14-21-22-18-7-4-5-8-19(18)23-21;/h4-5,7-10,13,15H,6,11-12,14H2,1-3H3,(H,22,23);1H. The molecule has 140 valence electrons. The molecule has 26 heavy (non-hydrogen) atoms. The third-order valence-electron chi connectivity index (χ3n) is 4.16. The normalized spacial score (nSPS) is 10.9. The first-order valence-corrected chi connectivity index (χ1v) is 10.0. The molecule has 5 heteroatoms. The van der Waals surface area contributed by atoms with Crippen molar-refractivity contribution in [3.63, 3.8) is 0 Å². The lowest BCUT2D eigenvalue weighted by atomic mass is 10.0. The Balaban J connectivity index is 0.00000243. The molecular weight excluding hydrogens is 364 g/mol. The number of nitrogens with one attached hydrogen (secondary N) is 1. The van der Waals surface area contributed by atoms with Crippen LogP contribution < -0.4 is 4.74 Å². The lowest BCUT2D eigenvalue weighted by Gasteiger charge is -2.14. The number of hydrogen-bond donors (Lipinski definition) is 1. The smallest absolute Gasteiger partial charge is 0.122 e. The van der Waals surface area contributed by atoms with E-state index in [1.807, 2.05) is 30.0 Å². The van der Waals surface area contributed by atoms with Crippen LogP contribution >= 0.6 is 24.2 Å². The number of para-hydroxylation sites is 2. The molecule has 3 rings (SSSR count). The van der Waals surface area contributed by atoms with Gasteiger partial charge < -0.3 is 9.72 Å². The Morgan fingerprint density at radius 3 is 2.73 bits per heavy atom. The number of aryl methyl sites for hydroxylation is 1. The van der Waals surface area contributed by atoms with Gasteiger partial charge in [-0.3, -0.25) is 0 Å². The van der Waals surface area contributed by atoms with Crippen molar-refractivity contribution in [3.05, 3.63) is 59.4 Å². The van der Waals surface area contributed by atoms with Gasteiger partial charge in [0.05, 0.1) is 23.4 Å². The Morgan fingerprint density at radius 1 is 1.15 bits per heavy atom. The number of thioether (sulfide) groups is 1. The van der Waals surface area contributed by atoms with Gasteiger partial charge in [0.25, 0.3) is 0 Å². The molecule has 0 spiro atoms. The van der Waals surface area contributed by atoms with Crippen molar-refractivity contribution < 1.29 is 4.74 Å². The number of H-pyrrole nitrogens is 1. The number of rotatable bonds is 8. The molecule has 3 nitrogen and oxygen atoms in total. The number of benzene rings is 2. The Kier molecular flexibility index (Phi) is 7.85. The molecule has 1 aromatic heterocycles. The maximum absolute atomic E-state index is 6.04. The number of aromatic nitrogens is 2. The minimum absolute atomic E-state index is 0. The molecule has 0 aliphatic heterocycles. The molecule has 0 amide bonds. The number of fused-ring (bicyclic) bond motifs is 1. The van der Waals surface area contributed by atoms with Gasteiger partial charge >= 0.3 is 0 Å². The van der Waals surface area contributed by atoms with Crippen molar-refractivity contribution in [2.45, 2.75) is 38.9 Å². The predicted octanol–water partition coefficient (Wildman–Crippen LogP) is 6.12. The number of halogens is 1. The molecule has 0 aliphatic rings. The summed E-state index contributed by atoms with van der Waals surface area (Å²) in [4.78, 5) is 7.99. The Morgan fingerprint density at radius 2 is 1.96 bits per heavy atom. The van der Waals surface area contributed by atoms with Crippen LogP contribution in [0, 0.1) is 6.92 Å². The minimum Gasteiger partial charge on any atom is -0.493 e. The molecule has 0 fully saturated rings. The molecule has 1 N–H and O–H groups in total. The molecule has 0 saturated carbocycles. The highest BCUT2D eigenvalue weighted by molar-refractivity contribution is 7.98. The molecular formula is C21H27ClN2OS. The number of nitrogens with zero attached hydrogens (tertiary/aromatic N) is 1. The van der Waals surface area contributed by atoms with E-state index in [1.54, 1.807) is 0 Å². The van der Waals surface area contributed by atoms with Gasteiger partial charge in [0.2, 0.25) is 0 Å². The highest BCUT2D eigenvalue weighted by atomic mass is 35.5. The number of imidazole rings is 1. The Bertz CT molecular complexity index is 799. The van der Waals surface area contributed by atoms with Gasteiger partial charge in [-0.25, -0.2) is 4.98 Å². The molecule has 3 aromatic rings. The molecule has 1 heterocycles. The summed E-state index contributed by atoms with van der Waals surface area (Å²) in [7, 11) is 0. The summed E-state index contributed by atoms with van der Waals surface area (Å²) >= 11 is 1.90. The zero-order valence-electron chi connectivity index (χ0n) is 15.6. The van der Waals surface area contributed by atoms with Gasteiger partial charge in [0.1, 0.15) is 11.6 Å². The van der Waals surface area contributed by atoms with Gasteiger partial charge in [-0.15, -0.1) is 12.4 Å². The van der Waals surface area contributed by atoms with Gasteiger partial charge in [-0.1, -0.05) is 38.1 Å². The monoisotopic (exact) mass is 390 g/mol. The fourth-order valence-corrected chi connectivity index (χ4v) is 3.63. The predicted molar refractivity (Wildman–Crippen MR) is 115 cm³/mol. The van der Waals surface area contributed by atoms with Crippen LogP contribution in [0.3, 0.4) is 0 Å². The molecule has 0 radical (unpaired) electrons. The summed E-state index contributed by atoms with van der Waals surface area (Å²) in [5.41, 5.74) is 4.70. The lowest BCUT2D eigenvalue weighted by molar-refractivity contribution is 0.314. The second-order valence-corrected chi connectivity index (χ2v) is 7.76. The SMILES string of the molecule is Cc1ccc(C(C)C)c(OCCCSCc2nc3ccccc3[nH]2)c1.Cl. The second-order valence-electron chi connectivity index (χ2n) is 6.65. The largest absolute Gasteiger partial charge is 0.493 e. The molecule has 0 unspecified atom stereocenters.